The summed E-state index contributed by atoms with van der Waals surface area (Å²) in [7, 11) is 0. The Balaban J connectivity index is 1.88. The van der Waals surface area contributed by atoms with Gasteiger partial charge in [-0.1, -0.05) is 5.16 Å². The van der Waals surface area contributed by atoms with Crippen LogP contribution >= 0.6 is 0 Å². The SMILES string of the molecule is OC1CCCC1c1nc(-c2ncc[nH]2)no1. The number of aromatic nitrogens is 4. The quantitative estimate of drug-likeness (QED) is 0.790. The number of nitrogens with one attached hydrogen (secondary N) is 1. The molecule has 84 valence electrons. The number of aromatic amines is 1. The van der Waals surface area contributed by atoms with Crippen molar-refractivity contribution in [1.82, 2.24) is 20.1 Å². The Morgan fingerprint density at radius 2 is 2.38 bits per heavy atom. The van der Waals surface area contributed by atoms with Gasteiger partial charge in [-0.05, 0) is 19.3 Å². The molecule has 2 N–H and O–H groups in total. The maximum absolute atomic E-state index is 9.73. The number of hydrogen-bond acceptors (Lipinski definition) is 5. The van der Waals surface area contributed by atoms with E-state index in [1.165, 1.54) is 0 Å². The van der Waals surface area contributed by atoms with Crippen molar-refractivity contribution in [1.29, 1.82) is 0 Å². The van der Waals surface area contributed by atoms with E-state index in [1.807, 2.05) is 0 Å². The van der Waals surface area contributed by atoms with E-state index in [4.69, 9.17) is 4.52 Å². The van der Waals surface area contributed by atoms with Crippen molar-refractivity contribution in [2.75, 3.05) is 0 Å². The van der Waals surface area contributed by atoms with Crippen LogP contribution in [0.5, 0.6) is 0 Å². The van der Waals surface area contributed by atoms with Crippen LogP contribution in [0.15, 0.2) is 16.9 Å². The first kappa shape index (κ1) is 9.53. The fraction of sp³-hybridized carbons (Fsp3) is 0.500. The van der Waals surface area contributed by atoms with Crippen LogP contribution in [0.25, 0.3) is 11.6 Å². The van der Waals surface area contributed by atoms with Crippen molar-refractivity contribution in [3.63, 3.8) is 0 Å². The van der Waals surface area contributed by atoms with Crippen molar-refractivity contribution < 1.29 is 9.63 Å². The molecule has 0 aliphatic heterocycles. The molecule has 1 aliphatic rings. The Labute approximate surface area is 91.7 Å². The number of imidazole rings is 1. The van der Waals surface area contributed by atoms with Crippen molar-refractivity contribution in [3.05, 3.63) is 18.3 Å². The minimum absolute atomic E-state index is 0.0174. The maximum Gasteiger partial charge on any atom is 0.238 e. The molecule has 0 amide bonds. The van der Waals surface area contributed by atoms with Gasteiger partial charge in [-0.3, -0.25) is 0 Å². The van der Waals surface area contributed by atoms with Crippen LogP contribution in [-0.4, -0.2) is 31.3 Å². The molecular weight excluding hydrogens is 208 g/mol. The van der Waals surface area contributed by atoms with Crippen molar-refractivity contribution in [2.45, 2.75) is 31.3 Å². The number of aliphatic hydroxyl groups is 1. The monoisotopic (exact) mass is 220 g/mol. The summed E-state index contributed by atoms with van der Waals surface area (Å²) in [5, 5.41) is 13.6. The van der Waals surface area contributed by atoms with Gasteiger partial charge in [0.2, 0.25) is 11.7 Å². The number of H-pyrrole nitrogens is 1. The zero-order valence-electron chi connectivity index (χ0n) is 8.63. The van der Waals surface area contributed by atoms with Gasteiger partial charge in [0, 0.05) is 12.4 Å². The minimum Gasteiger partial charge on any atom is -0.392 e. The number of aliphatic hydroxyl groups excluding tert-OH is 1. The van der Waals surface area contributed by atoms with E-state index < -0.39 is 0 Å². The van der Waals surface area contributed by atoms with E-state index in [9.17, 15) is 5.11 Å². The highest BCUT2D eigenvalue weighted by Gasteiger charge is 2.31. The lowest BCUT2D eigenvalue weighted by Gasteiger charge is -2.07. The van der Waals surface area contributed by atoms with Crippen molar-refractivity contribution in [2.24, 2.45) is 0 Å². The first-order valence-corrected chi connectivity index (χ1v) is 5.36. The van der Waals surface area contributed by atoms with E-state index in [0.717, 1.165) is 19.3 Å². The first-order valence-electron chi connectivity index (χ1n) is 5.36. The van der Waals surface area contributed by atoms with E-state index in [0.29, 0.717) is 17.5 Å². The summed E-state index contributed by atoms with van der Waals surface area (Å²) >= 11 is 0. The zero-order valence-corrected chi connectivity index (χ0v) is 8.63. The molecular formula is C10H12N4O2. The third kappa shape index (κ3) is 1.51. The summed E-state index contributed by atoms with van der Waals surface area (Å²) in [5.41, 5.74) is 0. The average Bonchev–Trinajstić information content (AvgIpc) is 2.96. The molecule has 6 heteroatoms. The van der Waals surface area contributed by atoms with Crippen LogP contribution < -0.4 is 0 Å². The molecule has 2 aromatic rings. The van der Waals surface area contributed by atoms with Crippen LogP contribution in [0, 0.1) is 0 Å². The summed E-state index contributed by atoms with van der Waals surface area (Å²) < 4.78 is 5.16. The summed E-state index contributed by atoms with van der Waals surface area (Å²) in [6.07, 6.45) is 5.70. The third-order valence-electron chi connectivity index (χ3n) is 2.95. The molecule has 1 aliphatic carbocycles. The highest BCUT2D eigenvalue weighted by Crippen LogP contribution is 2.33. The molecule has 0 aromatic carbocycles. The first-order chi connectivity index (χ1) is 7.84. The second kappa shape index (κ2) is 3.71. The molecule has 3 rings (SSSR count). The Kier molecular flexibility index (Phi) is 2.21. The molecule has 2 aromatic heterocycles. The summed E-state index contributed by atoms with van der Waals surface area (Å²) in [4.78, 5) is 11.2. The number of nitrogens with zero attached hydrogens (tertiary/aromatic N) is 3. The van der Waals surface area contributed by atoms with Gasteiger partial charge in [-0.2, -0.15) is 4.98 Å². The summed E-state index contributed by atoms with van der Waals surface area (Å²) in [6, 6.07) is 0. The Hall–Kier alpha value is -1.69. The number of rotatable bonds is 2. The standard InChI is InChI=1S/C10H12N4O2/c15-7-3-1-2-6(7)10-13-9(14-16-10)8-11-4-5-12-8/h4-7,15H,1-3H2,(H,11,12). The predicted molar refractivity (Wildman–Crippen MR) is 54.5 cm³/mol. The Morgan fingerprint density at radius 1 is 1.44 bits per heavy atom. The van der Waals surface area contributed by atoms with Gasteiger partial charge >= 0.3 is 0 Å². The summed E-state index contributed by atoms with van der Waals surface area (Å²) in [5.74, 6) is 1.52. The topological polar surface area (TPSA) is 87.8 Å². The normalized spacial score (nSPS) is 25.1. The highest BCUT2D eigenvalue weighted by atomic mass is 16.5. The van der Waals surface area contributed by atoms with Gasteiger partial charge in [-0.25, -0.2) is 4.98 Å². The summed E-state index contributed by atoms with van der Waals surface area (Å²) in [6.45, 7) is 0. The fourth-order valence-electron chi connectivity index (χ4n) is 2.10. The van der Waals surface area contributed by atoms with Gasteiger partial charge < -0.3 is 14.6 Å². The smallest absolute Gasteiger partial charge is 0.238 e. The lowest BCUT2D eigenvalue weighted by molar-refractivity contribution is 0.148. The van der Waals surface area contributed by atoms with E-state index in [1.54, 1.807) is 12.4 Å². The lowest BCUT2D eigenvalue weighted by Crippen LogP contribution is -2.11. The molecule has 6 nitrogen and oxygen atoms in total. The highest BCUT2D eigenvalue weighted by molar-refractivity contribution is 5.40. The second-order valence-electron chi connectivity index (χ2n) is 4.00. The molecule has 2 unspecified atom stereocenters. The Morgan fingerprint density at radius 3 is 3.06 bits per heavy atom. The molecule has 0 bridgehead atoms. The average molecular weight is 220 g/mol. The molecule has 1 fully saturated rings. The van der Waals surface area contributed by atoms with Crippen molar-refractivity contribution in [3.8, 4) is 11.6 Å². The Bertz CT molecular complexity index is 465. The van der Waals surface area contributed by atoms with Crippen LogP contribution in [0.1, 0.15) is 31.1 Å². The molecule has 1 saturated carbocycles. The van der Waals surface area contributed by atoms with E-state index in [-0.39, 0.29) is 12.0 Å². The number of hydrogen-bond donors (Lipinski definition) is 2. The van der Waals surface area contributed by atoms with Crippen LogP contribution in [0.4, 0.5) is 0 Å². The third-order valence-corrected chi connectivity index (χ3v) is 2.95. The molecule has 2 heterocycles. The van der Waals surface area contributed by atoms with Crippen LogP contribution in [-0.2, 0) is 0 Å². The molecule has 0 saturated heterocycles. The maximum atomic E-state index is 9.73. The van der Waals surface area contributed by atoms with Gasteiger partial charge in [0.1, 0.15) is 0 Å². The van der Waals surface area contributed by atoms with Gasteiger partial charge in [-0.15, -0.1) is 0 Å². The van der Waals surface area contributed by atoms with Crippen LogP contribution in [0.2, 0.25) is 0 Å². The molecule has 2 atom stereocenters. The largest absolute Gasteiger partial charge is 0.392 e. The van der Waals surface area contributed by atoms with Crippen LogP contribution in [0.3, 0.4) is 0 Å². The second-order valence-corrected chi connectivity index (χ2v) is 4.00. The van der Waals surface area contributed by atoms with E-state index in [2.05, 4.69) is 20.1 Å². The van der Waals surface area contributed by atoms with Gasteiger partial charge in [0.25, 0.3) is 0 Å². The van der Waals surface area contributed by atoms with Gasteiger partial charge in [0.05, 0.1) is 12.0 Å². The van der Waals surface area contributed by atoms with Crippen molar-refractivity contribution >= 4 is 0 Å². The molecule has 16 heavy (non-hydrogen) atoms. The molecule has 0 spiro atoms. The van der Waals surface area contributed by atoms with E-state index >= 15 is 0 Å². The van der Waals surface area contributed by atoms with Gasteiger partial charge in [0.15, 0.2) is 5.82 Å². The zero-order chi connectivity index (χ0) is 11.0. The predicted octanol–water partition coefficient (Wildman–Crippen LogP) is 1.09. The molecule has 0 radical (unpaired) electrons. The lowest BCUT2D eigenvalue weighted by atomic mass is 10.1. The fourth-order valence-corrected chi connectivity index (χ4v) is 2.10. The minimum atomic E-state index is -0.357.